The van der Waals surface area contributed by atoms with Crippen LogP contribution in [0.5, 0.6) is 0 Å². The van der Waals surface area contributed by atoms with Crippen LogP contribution >= 0.6 is 11.3 Å². The number of hydrogen-bond acceptors (Lipinski definition) is 4. The Hall–Kier alpha value is -2.67. The topological polar surface area (TPSA) is 83.7 Å². The molecule has 1 spiro atoms. The molecule has 0 saturated carbocycles. The van der Waals surface area contributed by atoms with Gasteiger partial charge in [0, 0.05) is 18.8 Å². The van der Waals surface area contributed by atoms with Crippen molar-refractivity contribution < 1.29 is 14.4 Å². The number of fused-ring (bicyclic) bond motifs is 2. The first-order valence-corrected chi connectivity index (χ1v) is 8.93. The zero-order valence-corrected chi connectivity index (χ0v) is 14.3. The zero-order chi connectivity index (χ0) is 17.6. The molecule has 3 heterocycles. The number of thiophene rings is 1. The molecule has 0 aliphatic carbocycles. The van der Waals surface area contributed by atoms with Gasteiger partial charge >= 0.3 is 0 Å². The van der Waals surface area contributed by atoms with E-state index >= 15 is 0 Å². The summed E-state index contributed by atoms with van der Waals surface area (Å²) in [5.41, 5.74) is 6.14. The second kappa shape index (κ2) is 5.70. The van der Waals surface area contributed by atoms with Crippen molar-refractivity contribution in [2.75, 3.05) is 24.5 Å². The summed E-state index contributed by atoms with van der Waals surface area (Å²) < 4.78 is 0. The summed E-state index contributed by atoms with van der Waals surface area (Å²) in [6, 6.07) is 11.1. The third kappa shape index (κ3) is 2.34. The predicted octanol–water partition coefficient (Wildman–Crippen LogP) is 1.36. The lowest BCUT2D eigenvalue weighted by Gasteiger charge is -2.24. The third-order valence-electron chi connectivity index (χ3n) is 4.97. The van der Waals surface area contributed by atoms with E-state index in [2.05, 4.69) is 0 Å². The lowest BCUT2D eigenvalue weighted by atomic mass is 9.81. The van der Waals surface area contributed by atoms with E-state index in [0.29, 0.717) is 24.4 Å². The monoisotopic (exact) mass is 355 g/mol. The normalized spacial score (nSPS) is 21.8. The van der Waals surface area contributed by atoms with Crippen LogP contribution in [0.25, 0.3) is 0 Å². The van der Waals surface area contributed by atoms with Crippen LogP contribution in [0.15, 0.2) is 41.8 Å². The van der Waals surface area contributed by atoms with Gasteiger partial charge in [0.25, 0.3) is 5.91 Å². The molecule has 1 unspecified atom stereocenters. The number of rotatable bonds is 3. The number of likely N-dealkylation sites (tertiary alicyclic amines) is 1. The molecule has 2 aromatic rings. The first-order chi connectivity index (χ1) is 12.0. The fourth-order valence-electron chi connectivity index (χ4n) is 3.84. The highest BCUT2D eigenvalue weighted by Gasteiger charge is 2.55. The van der Waals surface area contributed by atoms with E-state index in [1.54, 1.807) is 11.0 Å². The fraction of sp³-hybridized carbons (Fsp3) is 0.278. The minimum Gasteiger partial charge on any atom is -0.368 e. The number of nitrogens with zero attached hydrogens (tertiary/aromatic N) is 2. The molecule has 0 radical (unpaired) electrons. The Bertz CT molecular complexity index is 864. The molecule has 1 fully saturated rings. The predicted molar refractivity (Wildman–Crippen MR) is 94.5 cm³/mol. The first-order valence-electron chi connectivity index (χ1n) is 8.05. The maximum Gasteiger partial charge on any atom is 0.263 e. The average Bonchev–Trinajstić information content (AvgIpc) is 3.32. The van der Waals surface area contributed by atoms with Crippen LogP contribution in [0.4, 0.5) is 5.69 Å². The van der Waals surface area contributed by atoms with Crippen molar-refractivity contribution in [1.82, 2.24) is 4.90 Å². The lowest BCUT2D eigenvalue weighted by molar-refractivity contribution is -0.125. The van der Waals surface area contributed by atoms with Gasteiger partial charge in [-0.25, -0.2) is 0 Å². The van der Waals surface area contributed by atoms with Crippen molar-refractivity contribution in [2.24, 2.45) is 5.73 Å². The minimum absolute atomic E-state index is 0.0505. The van der Waals surface area contributed by atoms with Gasteiger partial charge in [0.1, 0.15) is 6.54 Å². The number of amides is 3. The number of carbonyl (C=O) groups is 3. The van der Waals surface area contributed by atoms with Gasteiger partial charge < -0.3 is 15.5 Å². The molecule has 6 nitrogen and oxygen atoms in total. The molecule has 3 amide bonds. The van der Waals surface area contributed by atoms with Crippen molar-refractivity contribution in [3.05, 3.63) is 52.2 Å². The summed E-state index contributed by atoms with van der Waals surface area (Å²) >= 11 is 1.40. The Kier molecular flexibility index (Phi) is 3.61. The summed E-state index contributed by atoms with van der Waals surface area (Å²) in [6.45, 7) is 0.701. The molecule has 1 saturated heterocycles. The Balaban J connectivity index is 1.69. The number of para-hydroxylation sites is 1. The van der Waals surface area contributed by atoms with Gasteiger partial charge in [0.15, 0.2) is 0 Å². The van der Waals surface area contributed by atoms with Crippen molar-refractivity contribution in [1.29, 1.82) is 0 Å². The standard InChI is InChI=1S/C18H17N3O3S/c19-15(22)10-21-13-5-2-1-4-12(13)18(17(21)24)7-8-20(11-18)16(23)14-6-3-9-25-14/h1-6,9H,7-8,10-11H2,(H2,19,22). The number of hydrogen-bond donors (Lipinski definition) is 1. The Morgan fingerprint density at radius 1 is 1.20 bits per heavy atom. The highest BCUT2D eigenvalue weighted by molar-refractivity contribution is 7.12. The maximum atomic E-state index is 13.2. The Labute approximate surface area is 148 Å². The molecule has 2 aliphatic heterocycles. The van der Waals surface area contributed by atoms with E-state index in [9.17, 15) is 14.4 Å². The molecular weight excluding hydrogens is 338 g/mol. The van der Waals surface area contributed by atoms with Gasteiger partial charge in [-0.3, -0.25) is 14.4 Å². The molecule has 1 atom stereocenters. The lowest BCUT2D eigenvalue weighted by Crippen LogP contribution is -2.45. The van der Waals surface area contributed by atoms with Gasteiger partial charge in [0.2, 0.25) is 11.8 Å². The summed E-state index contributed by atoms with van der Waals surface area (Å²) in [5.74, 6) is -0.746. The second-order valence-corrected chi connectivity index (χ2v) is 7.36. The van der Waals surface area contributed by atoms with Crippen molar-refractivity contribution in [3.8, 4) is 0 Å². The molecule has 2 N–H and O–H groups in total. The quantitative estimate of drug-likeness (QED) is 0.902. The molecular formula is C18H17N3O3S. The van der Waals surface area contributed by atoms with Gasteiger partial charge in [-0.15, -0.1) is 11.3 Å². The highest BCUT2D eigenvalue weighted by atomic mass is 32.1. The van der Waals surface area contributed by atoms with Gasteiger partial charge in [-0.05, 0) is 29.5 Å². The maximum absolute atomic E-state index is 13.2. The van der Waals surface area contributed by atoms with Crippen LogP contribution in [0, 0.1) is 0 Å². The number of primary amides is 1. The van der Waals surface area contributed by atoms with E-state index in [0.717, 1.165) is 11.3 Å². The van der Waals surface area contributed by atoms with E-state index in [1.165, 1.54) is 16.2 Å². The second-order valence-electron chi connectivity index (χ2n) is 6.41. The van der Waals surface area contributed by atoms with Crippen LogP contribution in [-0.4, -0.2) is 42.3 Å². The molecule has 4 rings (SSSR count). The number of nitrogens with two attached hydrogens (primary N) is 1. The largest absolute Gasteiger partial charge is 0.368 e. The minimum atomic E-state index is -0.779. The Morgan fingerprint density at radius 3 is 2.72 bits per heavy atom. The summed E-state index contributed by atoms with van der Waals surface area (Å²) in [7, 11) is 0. The van der Waals surface area contributed by atoms with Crippen LogP contribution in [-0.2, 0) is 15.0 Å². The first kappa shape index (κ1) is 15.8. The molecule has 7 heteroatoms. The van der Waals surface area contributed by atoms with Crippen LogP contribution < -0.4 is 10.6 Å². The summed E-state index contributed by atoms with van der Waals surface area (Å²) in [4.78, 5) is 41.1. The summed E-state index contributed by atoms with van der Waals surface area (Å²) in [6.07, 6.45) is 0.551. The van der Waals surface area contributed by atoms with Crippen molar-refractivity contribution >= 4 is 34.7 Å². The smallest absolute Gasteiger partial charge is 0.263 e. The van der Waals surface area contributed by atoms with Crippen molar-refractivity contribution in [2.45, 2.75) is 11.8 Å². The number of carbonyl (C=O) groups excluding carboxylic acids is 3. The molecule has 1 aromatic heterocycles. The molecule has 2 aliphatic rings. The third-order valence-corrected chi connectivity index (χ3v) is 5.83. The van der Waals surface area contributed by atoms with Crippen LogP contribution in [0.1, 0.15) is 21.7 Å². The average molecular weight is 355 g/mol. The van der Waals surface area contributed by atoms with E-state index in [-0.39, 0.29) is 18.4 Å². The number of benzene rings is 1. The van der Waals surface area contributed by atoms with Gasteiger partial charge in [-0.1, -0.05) is 24.3 Å². The zero-order valence-electron chi connectivity index (χ0n) is 13.5. The van der Waals surface area contributed by atoms with E-state index < -0.39 is 11.3 Å². The molecule has 128 valence electrons. The summed E-state index contributed by atoms with van der Waals surface area (Å²) in [5, 5.41) is 1.86. The SMILES string of the molecule is NC(=O)CN1C(=O)C2(CCN(C(=O)c3cccs3)C2)c2ccccc21. The molecule has 25 heavy (non-hydrogen) atoms. The van der Waals surface area contributed by atoms with Gasteiger partial charge in [0.05, 0.1) is 10.3 Å². The number of anilines is 1. The van der Waals surface area contributed by atoms with Gasteiger partial charge in [-0.2, -0.15) is 0 Å². The van der Waals surface area contributed by atoms with E-state index in [1.807, 2.05) is 35.7 Å². The molecule has 1 aromatic carbocycles. The highest BCUT2D eigenvalue weighted by Crippen LogP contribution is 2.47. The van der Waals surface area contributed by atoms with Crippen LogP contribution in [0.2, 0.25) is 0 Å². The molecule has 0 bridgehead atoms. The van der Waals surface area contributed by atoms with E-state index in [4.69, 9.17) is 5.73 Å². The fourth-order valence-corrected chi connectivity index (χ4v) is 4.53. The van der Waals surface area contributed by atoms with Crippen molar-refractivity contribution in [3.63, 3.8) is 0 Å². The van der Waals surface area contributed by atoms with Crippen LogP contribution in [0.3, 0.4) is 0 Å². The Morgan fingerprint density at radius 2 is 2.00 bits per heavy atom.